The minimum atomic E-state index is -4.83. The Hall–Kier alpha value is -1.90. The van der Waals surface area contributed by atoms with Crippen molar-refractivity contribution < 1.29 is 26.0 Å². The van der Waals surface area contributed by atoms with Gasteiger partial charge in [0.1, 0.15) is 11.6 Å². The maximum absolute atomic E-state index is 12.9. The van der Waals surface area contributed by atoms with Gasteiger partial charge in [0.15, 0.2) is 15.5 Å². The molecule has 0 fully saturated rings. The summed E-state index contributed by atoms with van der Waals surface area (Å²) in [6.45, 7) is -0.701. The number of rotatable bonds is 4. The Morgan fingerprint density at radius 3 is 2.18 bits per heavy atom. The molecule has 22 heavy (non-hydrogen) atoms. The molecule has 9 heteroatoms. The molecule has 0 saturated heterocycles. The van der Waals surface area contributed by atoms with E-state index in [4.69, 9.17) is 0 Å². The van der Waals surface area contributed by atoms with Gasteiger partial charge in [-0.25, -0.2) is 12.8 Å². The average Bonchev–Trinajstić information content (AvgIpc) is 2.82. The predicted octanol–water partition coefficient (Wildman–Crippen LogP) is 2.88. The maximum Gasteiger partial charge on any atom is 0.434 e. The number of nitrogens with zero attached hydrogens (tertiary/aromatic N) is 2. The highest BCUT2D eigenvalue weighted by Crippen LogP contribution is 2.34. The van der Waals surface area contributed by atoms with Crippen molar-refractivity contribution >= 4 is 9.84 Å². The van der Waals surface area contributed by atoms with Gasteiger partial charge in [-0.2, -0.15) is 18.3 Å². The third-order valence-electron chi connectivity index (χ3n) is 3.04. The van der Waals surface area contributed by atoms with E-state index in [1.807, 2.05) is 0 Å². The minimum Gasteiger partial charge on any atom is -0.262 e. The summed E-state index contributed by atoms with van der Waals surface area (Å²) in [6, 6.07) is 5.52. The molecule has 0 N–H and O–H groups in total. The normalized spacial score (nSPS) is 12.6. The van der Waals surface area contributed by atoms with Crippen molar-refractivity contribution in [3.8, 4) is 0 Å². The molecule has 2 aromatic rings. The lowest BCUT2D eigenvalue weighted by Gasteiger charge is -2.10. The van der Waals surface area contributed by atoms with Crippen LogP contribution in [-0.4, -0.2) is 18.2 Å². The van der Waals surface area contributed by atoms with E-state index in [0.717, 1.165) is 7.05 Å². The van der Waals surface area contributed by atoms with E-state index in [1.165, 1.54) is 24.3 Å². The van der Waals surface area contributed by atoms with Crippen molar-refractivity contribution in [1.29, 1.82) is 0 Å². The lowest BCUT2D eigenvalue weighted by Crippen LogP contribution is -2.17. The Kier molecular flexibility index (Phi) is 4.28. The fourth-order valence-electron chi connectivity index (χ4n) is 1.99. The fraction of sp³-hybridized carbons (Fsp3) is 0.308. The van der Waals surface area contributed by atoms with Gasteiger partial charge in [-0.15, -0.1) is 0 Å². The zero-order chi connectivity index (χ0) is 16.5. The highest BCUT2D eigenvalue weighted by molar-refractivity contribution is 7.90. The third kappa shape index (κ3) is 3.29. The highest BCUT2D eigenvalue weighted by Gasteiger charge is 2.41. The molecule has 0 unspecified atom stereocenters. The topological polar surface area (TPSA) is 52.0 Å². The van der Waals surface area contributed by atoms with Crippen LogP contribution in [0.5, 0.6) is 0 Å². The number of alkyl halides is 4. The second kappa shape index (κ2) is 5.71. The summed E-state index contributed by atoms with van der Waals surface area (Å²) in [5.74, 6) is -0.617. The zero-order valence-corrected chi connectivity index (χ0v) is 12.2. The molecule has 0 spiro atoms. The maximum atomic E-state index is 12.9. The molecule has 0 aliphatic heterocycles. The molecule has 0 atom stereocenters. The Balaban J connectivity index is 2.39. The molecule has 1 aromatic heterocycles. The van der Waals surface area contributed by atoms with Crippen molar-refractivity contribution in [2.45, 2.75) is 23.5 Å². The lowest BCUT2D eigenvalue weighted by molar-refractivity contribution is -0.146. The first-order chi connectivity index (χ1) is 10.1. The van der Waals surface area contributed by atoms with Crippen LogP contribution in [0.25, 0.3) is 0 Å². The predicted molar refractivity (Wildman–Crippen MR) is 70.4 cm³/mol. The van der Waals surface area contributed by atoms with Gasteiger partial charge >= 0.3 is 6.18 Å². The number of hydrogen-bond acceptors (Lipinski definition) is 3. The molecular weight excluding hydrogens is 324 g/mol. The van der Waals surface area contributed by atoms with Crippen LogP contribution in [0, 0.1) is 0 Å². The molecule has 120 valence electrons. The Labute approximate surface area is 124 Å². The summed E-state index contributed by atoms with van der Waals surface area (Å²) in [5, 5.41) is 3.39. The standard InChI is InChI=1S/C13H12F4N2O2S/c1-19-12(13(15,16)17)11(7-18-19)22(20,21)8-10-4-2-9(6-14)3-5-10/h2-5,7H,6,8H2,1H3. The smallest absolute Gasteiger partial charge is 0.262 e. The summed E-state index contributed by atoms with van der Waals surface area (Å²) >= 11 is 0. The monoisotopic (exact) mass is 336 g/mol. The van der Waals surface area contributed by atoms with Gasteiger partial charge in [0.2, 0.25) is 0 Å². The number of aromatic nitrogens is 2. The van der Waals surface area contributed by atoms with Crippen molar-refractivity contribution in [3.05, 3.63) is 47.3 Å². The summed E-state index contributed by atoms with van der Waals surface area (Å²) in [7, 11) is -3.20. The Bertz CT molecular complexity index is 764. The van der Waals surface area contributed by atoms with Crippen molar-refractivity contribution in [1.82, 2.24) is 9.78 Å². The summed E-state index contributed by atoms with van der Waals surface area (Å²) in [6.07, 6.45) is -4.14. The van der Waals surface area contributed by atoms with Gasteiger partial charge in [0, 0.05) is 7.05 Å². The highest BCUT2D eigenvalue weighted by atomic mass is 32.2. The van der Waals surface area contributed by atoms with Crippen LogP contribution in [0.3, 0.4) is 0 Å². The van der Waals surface area contributed by atoms with Crippen molar-refractivity contribution in [2.75, 3.05) is 0 Å². The summed E-state index contributed by atoms with van der Waals surface area (Å²) in [4.78, 5) is -0.864. The van der Waals surface area contributed by atoms with E-state index in [-0.39, 0.29) is 5.56 Å². The van der Waals surface area contributed by atoms with Crippen LogP contribution >= 0.6 is 0 Å². The second-order valence-electron chi connectivity index (χ2n) is 4.69. The molecule has 0 bridgehead atoms. The first-order valence-corrected chi connectivity index (χ1v) is 7.76. The van der Waals surface area contributed by atoms with E-state index in [1.54, 1.807) is 0 Å². The van der Waals surface area contributed by atoms with Gasteiger partial charge < -0.3 is 0 Å². The number of benzene rings is 1. The van der Waals surface area contributed by atoms with Gasteiger partial charge in [-0.05, 0) is 11.1 Å². The van der Waals surface area contributed by atoms with Crippen LogP contribution in [0.15, 0.2) is 35.4 Å². The molecular formula is C13H12F4N2O2S. The molecule has 4 nitrogen and oxygen atoms in total. The van der Waals surface area contributed by atoms with Crippen LogP contribution < -0.4 is 0 Å². The van der Waals surface area contributed by atoms with E-state index < -0.39 is 39.0 Å². The molecule has 0 radical (unpaired) electrons. The van der Waals surface area contributed by atoms with Gasteiger partial charge in [-0.1, -0.05) is 24.3 Å². The van der Waals surface area contributed by atoms with Crippen LogP contribution in [0.1, 0.15) is 16.8 Å². The Morgan fingerprint density at radius 2 is 1.68 bits per heavy atom. The molecule has 2 rings (SSSR count). The molecule has 0 saturated carbocycles. The number of halogens is 4. The molecule has 0 aliphatic carbocycles. The molecule has 1 aromatic carbocycles. The quantitative estimate of drug-likeness (QED) is 0.807. The molecule has 1 heterocycles. The van der Waals surface area contributed by atoms with Crippen molar-refractivity contribution in [3.63, 3.8) is 0 Å². The minimum absolute atomic E-state index is 0.272. The Morgan fingerprint density at radius 1 is 1.14 bits per heavy atom. The van der Waals surface area contributed by atoms with E-state index in [2.05, 4.69) is 5.10 Å². The van der Waals surface area contributed by atoms with Gasteiger partial charge in [0.25, 0.3) is 0 Å². The van der Waals surface area contributed by atoms with Gasteiger partial charge in [-0.3, -0.25) is 4.68 Å². The zero-order valence-electron chi connectivity index (χ0n) is 11.4. The van der Waals surface area contributed by atoms with E-state index >= 15 is 0 Å². The first kappa shape index (κ1) is 16.5. The summed E-state index contributed by atoms with van der Waals surface area (Å²) < 4.78 is 76.1. The number of hydrogen-bond donors (Lipinski definition) is 0. The summed E-state index contributed by atoms with van der Waals surface area (Å²) in [5.41, 5.74) is -0.680. The molecule has 0 aliphatic rings. The van der Waals surface area contributed by atoms with Crippen LogP contribution in [-0.2, 0) is 35.5 Å². The van der Waals surface area contributed by atoms with E-state index in [0.29, 0.717) is 16.4 Å². The van der Waals surface area contributed by atoms with Crippen molar-refractivity contribution in [2.24, 2.45) is 7.05 Å². The second-order valence-corrected chi connectivity index (χ2v) is 6.65. The fourth-order valence-corrected chi connectivity index (χ4v) is 3.53. The third-order valence-corrected chi connectivity index (χ3v) is 4.72. The average molecular weight is 336 g/mol. The van der Waals surface area contributed by atoms with E-state index in [9.17, 15) is 26.0 Å². The first-order valence-electron chi connectivity index (χ1n) is 6.11. The van der Waals surface area contributed by atoms with Gasteiger partial charge in [0.05, 0.1) is 11.9 Å². The molecule has 0 amide bonds. The lowest BCUT2D eigenvalue weighted by atomic mass is 10.2. The number of aryl methyl sites for hydroxylation is 1. The largest absolute Gasteiger partial charge is 0.434 e. The van der Waals surface area contributed by atoms with Crippen LogP contribution in [0.2, 0.25) is 0 Å². The van der Waals surface area contributed by atoms with Crippen LogP contribution in [0.4, 0.5) is 17.6 Å². The number of sulfone groups is 1. The SMILES string of the molecule is Cn1ncc(S(=O)(=O)Cc2ccc(CF)cc2)c1C(F)(F)F.